The van der Waals surface area contributed by atoms with E-state index in [2.05, 4.69) is 25.9 Å². The lowest BCUT2D eigenvalue weighted by atomic mass is 9.92. The fraction of sp³-hybridized carbons (Fsp3) is 0.182. The molecule has 9 heteroatoms. The lowest BCUT2D eigenvalue weighted by molar-refractivity contribution is -0.123. The number of rotatable bonds is 5. The van der Waals surface area contributed by atoms with Crippen molar-refractivity contribution in [3.05, 3.63) is 75.0 Å². The minimum Gasteiger partial charge on any atom is -0.326 e. The number of nitrogens with one attached hydrogen (secondary N) is 4. The van der Waals surface area contributed by atoms with Gasteiger partial charge in [0.25, 0.3) is 5.56 Å². The Labute approximate surface area is 183 Å². The molecule has 2 heterocycles. The molecule has 4 rings (SSSR count). The van der Waals surface area contributed by atoms with Crippen LogP contribution in [0.3, 0.4) is 0 Å². The third kappa shape index (κ3) is 4.44. The largest absolute Gasteiger partial charge is 0.326 e. The monoisotopic (exact) mass is 437 g/mol. The summed E-state index contributed by atoms with van der Waals surface area (Å²) in [5.74, 6) is -1.58. The van der Waals surface area contributed by atoms with E-state index < -0.39 is 17.4 Å². The topological polar surface area (TPSA) is 116 Å². The van der Waals surface area contributed by atoms with Crippen molar-refractivity contribution in [3.8, 4) is 0 Å². The second kappa shape index (κ2) is 8.61. The lowest BCUT2D eigenvalue weighted by Crippen LogP contribution is -2.36. The number of nitrogens with zero attached hydrogens (tertiary/aromatic N) is 1. The Morgan fingerprint density at radius 1 is 1.19 bits per heavy atom. The van der Waals surface area contributed by atoms with Gasteiger partial charge >= 0.3 is 0 Å². The minimum absolute atomic E-state index is 0.0634. The minimum atomic E-state index is -0.954. The molecular weight excluding hydrogens is 418 g/mol. The highest BCUT2D eigenvalue weighted by atomic mass is 35.5. The van der Waals surface area contributed by atoms with Gasteiger partial charge in [0.2, 0.25) is 17.8 Å². The molecule has 31 heavy (non-hydrogen) atoms. The second-order valence-electron chi connectivity index (χ2n) is 7.12. The van der Waals surface area contributed by atoms with Crippen LogP contribution in [0.1, 0.15) is 30.4 Å². The molecule has 2 amide bonds. The number of fused-ring (bicyclic) bond motifs is 1. The Bertz CT molecular complexity index is 1220. The van der Waals surface area contributed by atoms with Gasteiger partial charge in [-0.05, 0) is 36.2 Å². The maximum atomic E-state index is 13.0. The molecule has 0 fully saturated rings. The van der Waals surface area contributed by atoms with E-state index in [1.165, 1.54) is 0 Å². The number of hydrogen-bond donors (Lipinski definition) is 4. The van der Waals surface area contributed by atoms with Crippen molar-refractivity contribution in [3.63, 3.8) is 0 Å². The molecule has 0 spiro atoms. The molecule has 0 unspecified atom stereocenters. The summed E-state index contributed by atoms with van der Waals surface area (Å²) >= 11 is 5.99. The van der Waals surface area contributed by atoms with E-state index in [0.717, 1.165) is 12.0 Å². The van der Waals surface area contributed by atoms with Crippen molar-refractivity contribution in [2.75, 3.05) is 16.0 Å². The lowest BCUT2D eigenvalue weighted by Gasteiger charge is -2.24. The fourth-order valence-electron chi connectivity index (χ4n) is 3.53. The summed E-state index contributed by atoms with van der Waals surface area (Å²) in [7, 11) is 0. The Morgan fingerprint density at radius 3 is 2.77 bits per heavy atom. The Hall–Kier alpha value is -3.65. The van der Waals surface area contributed by atoms with E-state index in [-0.39, 0.29) is 29.7 Å². The maximum Gasteiger partial charge on any atom is 0.258 e. The SMILES string of the molecule is CCc1ccccc1NC(=O)[C@@H]1CC(=O)Nc2nc(Nc3cccc(Cl)c3)[nH]c(=O)c21. The van der Waals surface area contributed by atoms with Crippen molar-refractivity contribution in [2.45, 2.75) is 25.7 Å². The summed E-state index contributed by atoms with van der Waals surface area (Å²) in [4.78, 5) is 45.1. The van der Waals surface area contributed by atoms with Gasteiger partial charge in [-0.2, -0.15) is 4.98 Å². The van der Waals surface area contributed by atoms with Crippen LogP contribution in [0.25, 0.3) is 0 Å². The quantitative estimate of drug-likeness (QED) is 0.484. The van der Waals surface area contributed by atoms with E-state index in [0.29, 0.717) is 16.4 Å². The molecule has 2 aromatic carbocycles. The van der Waals surface area contributed by atoms with Crippen LogP contribution in [0.15, 0.2) is 53.3 Å². The number of hydrogen-bond acceptors (Lipinski definition) is 5. The number of benzene rings is 2. The van der Waals surface area contributed by atoms with Gasteiger partial charge in [-0.25, -0.2) is 0 Å². The van der Waals surface area contributed by atoms with Gasteiger partial charge in [0, 0.05) is 22.8 Å². The van der Waals surface area contributed by atoms with Crippen LogP contribution in [0.2, 0.25) is 5.02 Å². The first-order chi connectivity index (χ1) is 14.9. The van der Waals surface area contributed by atoms with Crippen LogP contribution in [0, 0.1) is 0 Å². The zero-order valence-electron chi connectivity index (χ0n) is 16.7. The van der Waals surface area contributed by atoms with Crippen LogP contribution >= 0.6 is 11.6 Å². The van der Waals surface area contributed by atoms with E-state index >= 15 is 0 Å². The Balaban J connectivity index is 1.65. The van der Waals surface area contributed by atoms with Gasteiger partial charge in [0.1, 0.15) is 5.82 Å². The molecule has 3 aromatic rings. The number of aromatic nitrogens is 2. The van der Waals surface area contributed by atoms with Crippen LogP contribution in [0.4, 0.5) is 23.1 Å². The van der Waals surface area contributed by atoms with Crippen molar-refractivity contribution in [1.82, 2.24) is 9.97 Å². The second-order valence-corrected chi connectivity index (χ2v) is 7.55. The number of carbonyl (C=O) groups is 2. The predicted molar refractivity (Wildman–Crippen MR) is 120 cm³/mol. The average Bonchev–Trinajstić information content (AvgIpc) is 2.73. The molecular formula is C22H20ClN5O3. The van der Waals surface area contributed by atoms with Crippen molar-refractivity contribution < 1.29 is 9.59 Å². The predicted octanol–water partition coefficient (Wildman–Crippen LogP) is 3.79. The van der Waals surface area contributed by atoms with Crippen LogP contribution in [-0.2, 0) is 16.0 Å². The molecule has 4 N–H and O–H groups in total. The molecule has 1 atom stereocenters. The van der Waals surface area contributed by atoms with Crippen molar-refractivity contribution in [1.29, 1.82) is 0 Å². The maximum absolute atomic E-state index is 13.0. The van der Waals surface area contributed by atoms with Gasteiger partial charge in [0.15, 0.2) is 0 Å². The van der Waals surface area contributed by atoms with Crippen LogP contribution < -0.4 is 21.5 Å². The van der Waals surface area contributed by atoms with E-state index in [1.54, 1.807) is 30.3 Å². The van der Waals surface area contributed by atoms with E-state index in [4.69, 9.17) is 11.6 Å². The zero-order chi connectivity index (χ0) is 22.0. The molecule has 0 aliphatic carbocycles. The summed E-state index contributed by atoms with van der Waals surface area (Å²) in [6.45, 7) is 1.98. The molecule has 0 saturated carbocycles. The smallest absolute Gasteiger partial charge is 0.258 e. The van der Waals surface area contributed by atoms with Crippen molar-refractivity contribution >= 4 is 46.6 Å². The first kappa shape index (κ1) is 20.6. The molecule has 8 nitrogen and oxygen atoms in total. The summed E-state index contributed by atoms with van der Waals surface area (Å²) in [6.07, 6.45) is 0.595. The van der Waals surface area contributed by atoms with Gasteiger partial charge in [0.05, 0.1) is 11.5 Å². The third-order valence-corrected chi connectivity index (χ3v) is 5.25. The average molecular weight is 438 g/mol. The first-order valence-electron chi connectivity index (χ1n) is 9.80. The Kier molecular flexibility index (Phi) is 5.73. The highest BCUT2D eigenvalue weighted by Crippen LogP contribution is 2.30. The van der Waals surface area contributed by atoms with E-state index in [9.17, 15) is 14.4 Å². The van der Waals surface area contributed by atoms with E-state index in [1.807, 2.05) is 25.1 Å². The molecule has 158 valence electrons. The number of amides is 2. The molecule has 0 radical (unpaired) electrons. The number of carbonyl (C=O) groups excluding carboxylic acids is 2. The third-order valence-electron chi connectivity index (χ3n) is 5.01. The molecule has 1 aliphatic rings. The van der Waals surface area contributed by atoms with Crippen LogP contribution in [-0.4, -0.2) is 21.8 Å². The molecule has 0 bridgehead atoms. The number of aromatic amines is 1. The van der Waals surface area contributed by atoms with Gasteiger partial charge in [-0.1, -0.05) is 42.8 Å². The number of halogens is 1. The van der Waals surface area contributed by atoms with Gasteiger partial charge in [-0.15, -0.1) is 0 Å². The Morgan fingerprint density at radius 2 is 2.00 bits per heavy atom. The highest BCUT2D eigenvalue weighted by Gasteiger charge is 2.35. The van der Waals surface area contributed by atoms with Crippen LogP contribution in [0.5, 0.6) is 0 Å². The zero-order valence-corrected chi connectivity index (χ0v) is 17.4. The summed E-state index contributed by atoms with van der Waals surface area (Å²) in [6, 6.07) is 14.3. The highest BCUT2D eigenvalue weighted by molar-refractivity contribution is 6.30. The number of anilines is 4. The first-order valence-corrected chi connectivity index (χ1v) is 10.2. The standard InChI is InChI=1S/C22H20ClN5O3/c1-2-12-6-3-4-9-16(12)25-20(30)15-11-17(29)26-19-18(15)21(31)28-22(27-19)24-14-8-5-7-13(23)10-14/h3-10,15H,2,11H2,1H3,(H,25,30)(H3,24,26,27,28,29,31)/t15-/m1/s1. The summed E-state index contributed by atoms with van der Waals surface area (Å²) < 4.78 is 0. The fourth-order valence-corrected chi connectivity index (χ4v) is 3.72. The normalized spacial score (nSPS) is 15.0. The van der Waals surface area contributed by atoms with Crippen molar-refractivity contribution in [2.24, 2.45) is 0 Å². The number of aryl methyl sites for hydroxylation is 1. The number of para-hydroxylation sites is 1. The van der Waals surface area contributed by atoms with Gasteiger partial charge in [-0.3, -0.25) is 19.4 Å². The summed E-state index contributed by atoms with van der Waals surface area (Å²) in [5, 5.41) is 8.91. The summed E-state index contributed by atoms with van der Waals surface area (Å²) in [5.41, 5.74) is 1.86. The molecule has 1 aliphatic heterocycles. The molecule has 1 aromatic heterocycles. The molecule has 0 saturated heterocycles. The van der Waals surface area contributed by atoms with Gasteiger partial charge < -0.3 is 16.0 Å². The number of H-pyrrole nitrogens is 1.